The molecule has 0 aliphatic carbocycles. The molecule has 10 nitrogen and oxygen atoms in total. The van der Waals surface area contributed by atoms with E-state index < -0.39 is 47.5 Å². The van der Waals surface area contributed by atoms with E-state index in [1.807, 2.05) is 27.7 Å². The second-order valence-corrected chi connectivity index (χ2v) is 42.7. The van der Waals surface area contributed by atoms with Crippen molar-refractivity contribution in [2.75, 3.05) is 103 Å². The molecule has 4 aliphatic rings. The van der Waals surface area contributed by atoms with E-state index in [0.717, 1.165) is 159 Å². The number of hydrogen-bond donors (Lipinski definition) is 0. The van der Waals surface area contributed by atoms with Gasteiger partial charge in [-0.1, -0.05) is 231 Å². The lowest BCUT2D eigenvalue weighted by atomic mass is 10.2. The first-order valence-electron chi connectivity index (χ1n) is 42.3. The highest BCUT2D eigenvalue weighted by Crippen LogP contribution is 2.51. The molecule has 0 saturated carbocycles. The van der Waals surface area contributed by atoms with Gasteiger partial charge in [0, 0.05) is 78.7 Å². The van der Waals surface area contributed by atoms with Crippen molar-refractivity contribution in [1.82, 2.24) is 0 Å². The summed E-state index contributed by atoms with van der Waals surface area (Å²) in [6.45, 7) is 23.8. The summed E-state index contributed by atoms with van der Waals surface area (Å²) in [6, 6.07) is 96.1. The summed E-state index contributed by atoms with van der Waals surface area (Å²) in [6.07, 6.45) is 12.6. The molecule has 12 aromatic rings. The van der Waals surface area contributed by atoms with Crippen molar-refractivity contribution in [3.8, 4) is 57.5 Å². The molecule has 4 aliphatic heterocycles. The van der Waals surface area contributed by atoms with Gasteiger partial charge in [0.05, 0.1) is 66.1 Å². The van der Waals surface area contributed by atoms with Gasteiger partial charge in [-0.05, 0) is 233 Å². The molecule has 0 amide bonds. The molecule has 118 heavy (non-hydrogen) atoms. The second kappa shape index (κ2) is 43.4. The third-order valence-electron chi connectivity index (χ3n) is 21.6. The highest BCUT2D eigenvalue weighted by Gasteiger charge is 2.34. The Bertz CT molecular complexity index is 4730. The third-order valence-corrected chi connectivity index (χ3v) is 37.9. The van der Waals surface area contributed by atoms with E-state index in [9.17, 15) is 0 Å². The fourth-order valence-corrected chi connectivity index (χ4v) is 33.2. The van der Waals surface area contributed by atoms with Gasteiger partial charge in [-0.3, -0.25) is 0 Å². The van der Waals surface area contributed by atoms with Crippen molar-refractivity contribution in [2.45, 2.75) is 93.9 Å². The van der Waals surface area contributed by atoms with Crippen molar-refractivity contribution >= 4 is 111 Å². The Morgan fingerprint density at radius 3 is 0.619 bits per heavy atom. The van der Waals surface area contributed by atoms with E-state index in [4.69, 9.17) is 47.4 Å². The molecule has 2 unspecified atom stereocenters. The Hall–Kier alpha value is -8.78. The van der Waals surface area contributed by atoms with Crippen LogP contribution in [0.3, 0.4) is 0 Å². The monoisotopic (exact) mass is 1680 g/mol. The van der Waals surface area contributed by atoms with E-state index in [1.165, 1.54) is 97.0 Å². The molecule has 4 heterocycles. The molecule has 0 radical (unpaired) electrons. The Balaban J connectivity index is 0.000000146. The Morgan fingerprint density at radius 2 is 0.398 bits per heavy atom. The van der Waals surface area contributed by atoms with Crippen molar-refractivity contribution in [1.29, 1.82) is 0 Å². The minimum Gasteiger partial charge on any atom is -0.493 e. The highest BCUT2D eigenvalue weighted by atomic mass is 31.1. The largest absolute Gasteiger partial charge is 0.493 e. The maximum atomic E-state index is 6.26. The van der Waals surface area contributed by atoms with Crippen LogP contribution in [0, 0.1) is 13.8 Å². The Kier molecular flexibility index (Phi) is 31.5. The van der Waals surface area contributed by atoms with E-state index >= 15 is 0 Å². The molecule has 16 rings (SSSR count). The van der Waals surface area contributed by atoms with Crippen LogP contribution in [-0.2, 0) is 25.7 Å². The Labute approximate surface area is 708 Å². The van der Waals surface area contributed by atoms with E-state index in [-0.39, 0.29) is 0 Å². The normalized spacial score (nSPS) is 13.3. The lowest BCUT2D eigenvalue weighted by Crippen LogP contribution is -2.23. The zero-order valence-corrected chi connectivity index (χ0v) is 75.1. The van der Waals surface area contributed by atoms with Crippen LogP contribution in [0.2, 0.25) is 0 Å². The number of aryl methyl sites for hydroxylation is 2. The minimum atomic E-state index is -0.715. The van der Waals surface area contributed by atoms with Gasteiger partial charge in [-0.2, -0.15) is 0 Å². The average Bonchev–Trinajstić information content (AvgIpc) is 1.58. The van der Waals surface area contributed by atoms with Gasteiger partial charge >= 0.3 is 0 Å². The summed E-state index contributed by atoms with van der Waals surface area (Å²) >= 11 is 0. The first-order valence-corrected chi connectivity index (χ1v) is 51.4. The number of benzene rings is 12. The van der Waals surface area contributed by atoms with Gasteiger partial charge in [-0.25, -0.2) is 0 Å². The molecule has 0 N–H and O–H groups in total. The van der Waals surface area contributed by atoms with E-state index in [2.05, 4.69) is 295 Å². The highest BCUT2D eigenvalue weighted by molar-refractivity contribution is 7.77. The predicted octanol–water partition coefficient (Wildman–Crippen LogP) is 19.3. The Morgan fingerprint density at radius 1 is 0.212 bits per heavy atom. The molecule has 0 saturated heterocycles. The first kappa shape index (κ1) is 85.6. The molecule has 0 spiro atoms. The summed E-state index contributed by atoms with van der Waals surface area (Å²) in [5.41, 5.74) is 8.09. The molecule has 0 fully saturated rings. The number of para-hydroxylation sites is 10. The zero-order valence-electron chi connectivity index (χ0n) is 69.7. The first-order chi connectivity index (χ1) is 58.2. The number of hydrogen-bond acceptors (Lipinski definition) is 10. The van der Waals surface area contributed by atoms with E-state index in [0.29, 0.717) is 39.6 Å². The molecule has 0 bridgehead atoms. The molecule has 610 valence electrons. The van der Waals surface area contributed by atoms with Gasteiger partial charge in [-0.15, -0.1) is 0 Å². The van der Waals surface area contributed by atoms with Crippen LogP contribution in [0.25, 0.3) is 0 Å². The summed E-state index contributed by atoms with van der Waals surface area (Å²) in [5, 5.41) is 16.1. The zero-order chi connectivity index (χ0) is 81.4. The molecular weight excluding hydrogens is 1570 g/mol. The van der Waals surface area contributed by atoms with Crippen molar-refractivity contribution in [3.05, 3.63) is 300 Å². The SMILES string of the molecule is CCOc1ccccc1P(CCCP(c1ccccc1OCC)c1ccccc1OCC)c1ccccc1OCC.CCOc1ccccc1P(CCP(c1ccccc1C)c1ccccc1OCC)c1ccccc1C.c1cc2c(c(P(CCCP(c3cccc4c3OCC4)c3cccc4c3OCC4)c3cccc4c3OCC4)c1)OCC2. The summed E-state index contributed by atoms with van der Waals surface area (Å²) in [5.74, 6) is 10.4. The maximum Gasteiger partial charge on any atom is 0.130 e. The smallest absolute Gasteiger partial charge is 0.130 e. The average molecular weight is 1680 g/mol. The van der Waals surface area contributed by atoms with Crippen LogP contribution >= 0.6 is 47.5 Å². The van der Waals surface area contributed by atoms with Crippen LogP contribution < -0.4 is 111 Å². The molecule has 16 heteroatoms. The van der Waals surface area contributed by atoms with Crippen LogP contribution in [0.5, 0.6) is 57.5 Å². The van der Waals surface area contributed by atoms with Gasteiger partial charge in [0.1, 0.15) is 57.5 Å². The molecule has 12 aromatic carbocycles. The molecule has 2 atom stereocenters. The minimum absolute atomic E-state index is 0.594. The van der Waals surface area contributed by atoms with Gasteiger partial charge in [0.25, 0.3) is 0 Å². The van der Waals surface area contributed by atoms with Crippen LogP contribution in [0.4, 0.5) is 0 Å². The molecule has 0 aromatic heterocycles. The summed E-state index contributed by atoms with van der Waals surface area (Å²) < 4.78 is 61.9. The van der Waals surface area contributed by atoms with Crippen LogP contribution in [0.15, 0.2) is 267 Å². The fraction of sp³-hybridized carbons (Fsp3) is 0.294. The van der Waals surface area contributed by atoms with E-state index in [1.54, 1.807) is 0 Å². The number of ether oxygens (including phenoxy) is 10. The van der Waals surface area contributed by atoms with Gasteiger partial charge in [0.2, 0.25) is 0 Å². The topological polar surface area (TPSA) is 92.3 Å². The fourth-order valence-electron chi connectivity index (χ4n) is 16.3. The lowest BCUT2D eigenvalue weighted by molar-refractivity contribution is 0.342. The van der Waals surface area contributed by atoms with Gasteiger partial charge in [0.15, 0.2) is 0 Å². The molecular formula is C102H112O10P6. The summed E-state index contributed by atoms with van der Waals surface area (Å²) in [7, 11) is -3.89. The maximum absolute atomic E-state index is 6.26. The van der Waals surface area contributed by atoms with Crippen molar-refractivity contribution < 1.29 is 47.4 Å². The van der Waals surface area contributed by atoms with Crippen LogP contribution in [-0.4, -0.2) is 103 Å². The van der Waals surface area contributed by atoms with Crippen molar-refractivity contribution in [2.24, 2.45) is 0 Å². The van der Waals surface area contributed by atoms with Crippen molar-refractivity contribution in [3.63, 3.8) is 0 Å². The summed E-state index contributed by atoms with van der Waals surface area (Å²) in [4.78, 5) is 0. The standard InChI is InChI=1S/C35H34O4P2.C35H42O4P2.C32H36O2P2/c1-6-24-14-18-36-32(24)28(10-1)40(29-11-2-7-25-15-19-37-33(25)29)22-5-23-41(30-12-3-8-26-16-20-38-34(26)30)31-13-4-9-27-17-21-39-35(27)31;1-5-36-28-18-9-13-22-32(28)40(33-23-14-10-19-29(33)37-6-2)26-17-27-41(34-24-15-11-20-30(34)38-7-3)35-25-16-12-21-31(35)39-8-4;1-5-33-27-17-9-13-21-31(27)35(29-19-11-7-15-25(29)3)23-24-36(30-20-12-8-16-26(30)4)32-22-14-10-18-28(32)34-6-2/h1-4,6-13H,5,14-23H2;9-16,18-25H,5-8,17,26-27H2,1-4H3;7-22H,5-6,23-24H2,1-4H3. The van der Waals surface area contributed by atoms with Gasteiger partial charge < -0.3 is 47.4 Å². The second-order valence-electron chi connectivity index (χ2n) is 29.0. The third kappa shape index (κ3) is 20.6. The van der Waals surface area contributed by atoms with Crippen LogP contribution in [0.1, 0.15) is 87.8 Å². The number of fused-ring (bicyclic) bond motifs is 4. The number of rotatable bonds is 35. The predicted molar refractivity (Wildman–Crippen MR) is 506 cm³/mol. The lowest BCUT2D eigenvalue weighted by Gasteiger charge is -2.27. The quantitative estimate of drug-likeness (QED) is 0.0358.